The van der Waals surface area contributed by atoms with Crippen LogP contribution in [-0.4, -0.2) is 53.0 Å². The summed E-state index contributed by atoms with van der Waals surface area (Å²) >= 11 is 1.35. The molecule has 1 saturated heterocycles. The Bertz CT molecular complexity index is 832. The fourth-order valence-electron chi connectivity index (χ4n) is 3.04. The molecule has 6 nitrogen and oxygen atoms in total. The van der Waals surface area contributed by atoms with Crippen molar-refractivity contribution in [2.24, 2.45) is 0 Å². The van der Waals surface area contributed by atoms with Crippen LogP contribution in [0.4, 0.5) is 5.69 Å². The Labute approximate surface area is 171 Å². The SMILES string of the molecule is CN(CC(=O)Nc1cccc(CS(=O)C2CCOCC2)c1)C(=O)c1cccs1. The van der Waals surface area contributed by atoms with E-state index in [0.717, 1.165) is 18.4 Å². The van der Waals surface area contributed by atoms with Crippen molar-refractivity contribution in [3.8, 4) is 0 Å². The molecule has 0 bridgehead atoms. The molecule has 2 aromatic rings. The lowest BCUT2D eigenvalue weighted by atomic mass is 10.2. The second-order valence-corrected chi connectivity index (χ2v) is 9.39. The van der Waals surface area contributed by atoms with Gasteiger partial charge in [-0.1, -0.05) is 18.2 Å². The van der Waals surface area contributed by atoms with Gasteiger partial charge in [-0.2, -0.15) is 0 Å². The van der Waals surface area contributed by atoms with E-state index in [0.29, 0.717) is 29.5 Å². The van der Waals surface area contributed by atoms with E-state index in [2.05, 4.69) is 5.32 Å². The van der Waals surface area contributed by atoms with Crippen LogP contribution in [0, 0.1) is 0 Å². The van der Waals surface area contributed by atoms with Crippen LogP contribution in [0.15, 0.2) is 41.8 Å². The standard InChI is InChI=1S/C20H24N2O4S2/c1-22(20(24)18-6-3-11-27-18)13-19(23)21-16-5-2-4-15(12-16)14-28(25)17-7-9-26-10-8-17/h2-6,11-12,17H,7-10,13-14H2,1H3,(H,21,23). The molecular formula is C20H24N2O4S2. The Balaban J connectivity index is 1.54. The average Bonchev–Trinajstić information content (AvgIpc) is 3.23. The highest BCUT2D eigenvalue weighted by Crippen LogP contribution is 2.19. The Hall–Kier alpha value is -2.03. The van der Waals surface area contributed by atoms with Gasteiger partial charge in [-0.05, 0) is 42.0 Å². The number of likely N-dealkylation sites (N-methyl/N-ethyl adjacent to an activating group) is 1. The van der Waals surface area contributed by atoms with Crippen LogP contribution in [0.1, 0.15) is 28.1 Å². The minimum atomic E-state index is -0.955. The Kier molecular flexibility index (Phi) is 7.36. The van der Waals surface area contributed by atoms with Crippen molar-refractivity contribution in [1.29, 1.82) is 0 Å². The number of amides is 2. The van der Waals surface area contributed by atoms with Crippen LogP contribution >= 0.6 is 11.3 Å². The summed E-state index contributed by atoms with van der Waals surface area (Å²) in [5.41, 5.74) is 1.56. The average molecular weight is 421 g/mol. The monoisotopic (exact) mass is 420 g/mol. The summed E-state index contributed by atoms with van der Waals surface area (Å²) in [5.74, 6) is 0.0198. The largest absolute Gasteiger partial charge is 0.381 e. The van der Waals surface area contributed by atoms with Gasteiger partial charge in [-0.3, -0.25) is 13.8 Å². The molecule has 1 aliphatic heterocycles. The first kappa shape index (κ1) is 20.7. The lowest BCUT2D eigenvalue weighted by Crippen LogP contribution is -2.34. The van der Waals surface area contributed by atoms with Crippen LogP contribution in [0.3, 0.4) is 0 Å². The number of anilines is 1. The second-order valence-electron chi connectivity index (χ2n) is 6.72. The van der Waals surface area contributed by atoms with Gasteiger partial charge < -0.3 is 15.0 Å². The Morgan fingerprint density at radius 2 is 2.04 bits per heavy atom. The van der Waals surface area contributed by atoms with E-state index in [4.69, 9.17) is 4.74 Å². The number of nitrogens with zero attached hydrogens (tertiary/aromatic N) is 1. The van der Waals surface area contributed by atoms with Gasteiger partial charge in [0.2, 0.25) is 5.91 Å². The molecule has 0 saturated carbocycles. The quantitative estimate of drug-likeness (QED) is 0.747. The van der Waals surface area contributed by atoms with Crippen molar-refractivity contribution in [2.45, 2.75) is 23.8 Å². The normalized spacial score (nSPS) is 15.8. The number of ether oxygens (including phenoxy) is 1. The predicted molar refractivity (Wildman–Crippen MR) is 112 cm³/mol. The summed E-state index contributed by atoms with van der Waals surface area (Å²) in [7, 11) is 0.651. The van der Waals surface area contributed by atoms with E-state index in [1.165, 1.54) is 16.2 Å². The molecule has 1 atom stereocenters. The van der Waals surface area contributed by atoms with E-state index >= 15 is 0 Å². The third-order valence-corrected chi connectivity index (χ3v) is 7.21. The molecular weight excluding hydrogens is 396 g/mol. The molecule has 1 fully saturated rings. The van der Waals surface area contributed by atoms with Gasteiger partial charge >= 0.3 is 0 Å². The third-order valence-electron chi connectivity index (χ3n) is 4.52. The van der Waals surface area contributed by atoms with Crippen LogP contribution in [-0.2, 0) is 26.1 Å². The highest BCUT2D eigenvalue weighted by Gasteiger charge is 2.20. The van der Waals surface area contributed by atoms with E-state index in [1.54, 1.807) is 19.2 Å². The number of hydrogen-bond acceptors (Lipinski definition) is 5. The lowest BCUT2D eigenvalue weighted by Gasteiger charge is -2.21. The maximum Gasteiger partial charge on any atom is 0.264 e. The van der Waals surface area contributed by atoms with Crippen molar-refractivity contribution in [2.75, 3.05) is 32.1 Å². The van der Waals surface area contributed by atoms with E-state index in [1.807, 2.05) is 29.6 Å². The molecule has 0 radical (unpaired) electrons. The number of thiophene rings is 1. The fraction of sp³-hybridized carbons (Fsp3) is 0.400. The zero-order chi connectivity index (χ0) is 19.9. The summed E-state index contributed by atoms with van der Waals surface area (Å²) in [6.45, 7) is 1.31. The van der Waals surface area contributed by atoms with Gasteiger partial charge in [0.25, 0.3) is 5.91 Å². The lowest BCUT2D eigenvalue weighted by molar-refractivity contribution is -0.116. The molecule has 0 spiro atoms. The number of hydrogen-bond donors (Lipinski definition) is 1. The summed E-state index contributed by atoms with van der Waals surface area (Å²) < 4.78 is 17.9. The van der Waals surface area contributed by atoms with Crippen molar-refractivity contribution < 1.29 is 18.5 Å². The Morgan fingerprint density at radius 1 is 1.25 bits per heavy atom. The van der Waals surface area contributed by atoms with Crippen LogP contribution in [0.5, 0.6) is 0 Å². The maximum atomic E-state index is 12.6. The van der Waals surface area contributed by atoms with Gasteiger partial charge in [0.05, 0.1) is 11.4 Å². The highest BCUT2D eigenvalue weighted by atomic mass is 32.2. The fourth-order valence-corrected chi connectivity index (χ4v) is 5.22. The molecule has 2 heterocycles. The van der Waals surface area contributed by atoms with Crippen molar-refractivity contribution >= 4 is 39.6 Å². The maximum absolute atomic E-state index is 12.6. The first-order chi connectivity index (χ1) is 13.5. The predicted octanol–water partition coefficient (Wildman–Crippen LogP) is 2.89. The van der Waals surface area contributed by atoms with Gasteiger partial charge in [0, 0.05) is 47.8 Å². The van der Waals surface area contributed by atoms with Crippen molar-refractivity contribution in [3.63, 3.8) is 0 Å². The van der Waals surface area contributed by atoms with Gasteiger partial charge in [-0.15, -0.1) is 11.3 Å². The minimum Gasteiger partial charge on any atom is -0.381 e. The van der Waals surface area contributed by atoms with Crippen molar-refractivity contribution in [3.05, 3.63) is 52.2 Å². The van der Waals surface area contributed by atoms with Crippen molar-refractivity contribution in [1.82, 2.24) is 4.90 Å². The smallest absolute Gasteiger partial charge is 0.264 e. The molecule has 1 unspecified atom stereocenters. The molecule has 1 aliphatic rings. The highest BCUT2D eigenvalue weighted by molar-refractivity contribution is 7.84. The Morgan fingerprint density at radius 3 is 2.75 bits per heavy atom. The molecule has 1 N–H and O–H groups in total. The van der Waals surface area contributed by atoms with Gasteiger partial charge in [-0.25, -0.2) is 0 Å². The molecule has 150 valence electrons. The first-order valence-corrected chi connectivity index (χ1v) is 11.4. The van der Waals surface area contributed by atoms with E-state index in [9.17, 15) is 13.8 Å². The summed E-state index contributed by atoms with van der Waals surface area (Å²) in [4.78, 5) is 26.5. The molecule has 1 aromatic heterocycles. The minimum absolute atomic E-state index is 0.0328. The number of carbonyl (C=O) groups is 2. The molecule has 8 heteroatoms. The molecule has 3 rings (SSSR count). The van der Waals surface area contributed by atoms with Crippen LogP contribution in [0.2, 0.25) is 0 Å². The van der Waals surface area contributed by atoms with Crippen LogP contribution < -0.4 is 5.32 Å². The second kappa shape index (κ2) is 9.95. The van der Waals surface area contributed by atoms with E-state index in [-0.39, 0.29) is 23.6 Å². The number of nitrogens with one attached hydrogen (secondary N) is 1. The molecule has 0 aliphatic carbocycles. The number of benzene rings is 1. The molecule has 28 heavy (non-hydrogen) atoms. The first-order valence-electron chi connectivity index (χ1n) is 9.15. The summed E-state index contributed by atoms with van der Waals surface area (Å²) in [5, 5.41) is 4.82. The zero-order valence-electron chi connectivity index (χ0n) is 15.8. The third kappa shape index (κ3) is 5.73. The zero-order valence-corrected chi connectivity index (χ0v) is 17.4. The number of carbonyl (C=O) groups excluding carboxylic acids is 2. The van der Waals surface area contributed by atoms with Gasteiger partial charge in [0.1, 0.15) is 0 Å². The summed E-state index contributed by atoms with van der Waals surface area (Å²) in [6, 6.07) is 10.9. The van der Waals surface area contributed by atoms with Crippen LogP contribution in [0.25, 0.3) is 0 Å². The number of rotatable bonds is 7. The van der Waals surface area contributed by atoms with Gasteiger partial charge in [0.15, 0.2) is 0 Å². The van der Waals surface area contributed by atoms with E-state index < -0.39 is 10.8 Å². The summed E-state index contributed by atoms with van der Waals surface area (Å²) in [6.07, 6.45) is 1.65. The molecule has 1 aromatic carbocycles. The molecule has 2 amide bonds. The topological polar surface area (TPSA) is 75.7 Å².